The highest BCUT2D eigenvalue weighted by Crippen LogP contribution is 1.91. The summed E-state index contributed by atoms with van der Waals surface area (Å²) in [5.74, 6) is -0.0532. The Morgan fingerprint density at radius 1 is 1.55 bits per heavy atom. The highest BCUT2D eigenvalue weighted by molar-refractivity contribution is 5.85. The van der Waals surface area contributed by atoms with Crippen molar-refractivity contribution in [2.45, 2.75) is 13.8 Å². The van der Waals surface area contributed by atoms with E-state index in [2.05, 4.69) is 10.1 Å². The smallest absolute Gasteiger partial charge is 0.407 e. The van der Waals surface area contributed by atoms with Gasteiger partial charge in [0.25, 0.3) is 0 Å². The van der Waals surface area contributed by atoms with Crippen molar-refractivity contribution >= 4 is 11.9 Å². The van der Waals surface area contributed by atoms with Crippen molar-refractivity contribution in [3.05, 3.63) is 0 Å². The first kappa shape index (κ1) is 9.94. The summed E-state index contributed by atoms with van der Waals surface area (Å²) >= 11 is 0. The summed E-state index contributed by atoms with van der Waals surface area (Å²) in [4.78, 5) is 21.3. The van der Waals surface area contributed by atoms with E-state index in [1.54, 1.807) is 13.8 Å². The Bertz CT molecular complexity index is 159. The zero-order chi connectivity index (χ0) is 8.85. The molecule has 0 heterocycles. The van der Waals surface area contributed by atoms with Gasteiger partial charge in [-0.3, -0.25) is 4.79 Å². The molecule has 66 valence electrons. The van der Waals surface area contributed by atoms with Gasteiger partial charge < -0.3 is 10.1 Å². The van der Waals surface area contributed by atoms with Crippen LogP contribution in [0.5, 0.6) is 0 Å². The van der Waals surface area contributed by atoms with Crippen molar-refractivity contribution in [2.24, 2.45) is 5.92 Å². The molecule has 0 saturated heterocycles. The molecule has 0 aromatic heterocycles. The lowest BCUT2D eigenvalue weighted by Crippen LogP contribution is -2.31. The molecule has 0 rings (SSSR count). The first-order valence-electron chi connectivity index (χ1n) is 3.42. The molecular formula is C7H15NO3. The molecule has 0 aliphatic rings. The molecule has 4 nitrogen and oxygen atoms in total. The number of hydrogen-bond donors (Lipinski definition) is 1. The minimum atomic E-state index is -0.570. The zero-order valence-electron chi connectivity index (χ0n) is 7.01. The van der Waals surface area contributed by atoms with E-state index in [1.807, 2.05) is 0 Å². The summed E-state index contributed by atoms with van der Waals surface area (Å²) in [6.07, 6.45) is -0.570. The molecule has 0 atom stereocenters. The van der Waals surface area contributed by atoms with Gasteiger partial charge in [-0.2, -0.15) is 0 Å². The summed E-state index contributed by atoms with van der Waals surface area (Å²) in [7, 11) is 1.26. The Balaban J connectivity index is 0. The molecule has 0 aliphatic heterocycles. The van der Waals surface area contributed by atoms with E-state index in [4.69, 9.17) is 0 Å². The summed E-state index contributed by atoms with van der Waals surface area (Å²) in [5, 5.41) is 2.30. The fourth-order valence-electron chi connectivity index (χ4n) is 0.436. The number of carbonyl (C=O) groups is 2. The van der Waals surface area contributed by atoms with Gasteiger partial charge in [-0.25, -0.2) is 4.79 Å². The molecular weight excluding hydrogens is 146 g/mol. The number of carbonyl (C=O) groups excluding carboxylic acids is 2. The molecule has 0 aliphatic carbocycles. The standard InChI is InChI=1S/C7H13NO3.H2/c1-5(2)6(9)4-8-7(10)11-3;/h5H,4H2,1-3H3,(H,8,10);1H. The van der Waals surface area contributed by atoms with E-state index in [9.17, 15) is 9.59 Å². The topological polar surface area (TPSA) is 55.4 Å². The number of hydrogen-bond acceptors (Lipinski definition) is 3. The van der Waals surface area contributed by atoms with Crippen LogP contribution in [0.15, 0.2) is 0 Å². The summed E-state index contributed by atoms with van der Waals surface area (Å²) in [5.41, 5.74) is 0. The highest BCUT2D eigenvalue weighted by atomic mass is 16.5. The second kappa shape index (κ2) is 4.71. The zero-order valence-corrected chi connectivity index (χ0v) is 7.01. The number of ketones is 1. The first-order chi connectivity index (χ1) is 5.07. The number of Topliss-reactive ketones (excluding diaryl/α,β-unsaturated/α-hetero) is 1. The van der Waals surface area contributed by atoms with Gasteiger partial charge in [0.2, 0.25) is 0 Å². The Morgan fingerprint density at radius 2 is 2.09 bits per heavy atom. The number of methoxy groups -OCH3 is 1. The van der Waals surface area contributed by atoms with Crippen LogP contribution in [0.3, 0.4) is 0 Å². The van der Waals surface area contributed by atoms with Gasteiger partial charge in [0.1, 0.15) is 0 Å². The van der Waals surface area contributed by atoms with Crippen LogP contribution >= 0.6 is 0 Å². The minimum Gasteiger partial charge on any atom is -0.453 e. The highest BCUT2D eigenvalue weighted by Gasteiger charge is 2.08. The van der Waals surface area contributed by atoms with Gasteiger partial charge >= 0.3 is 6.09 Å². The van der Waals surface area contributed by atoms with Crippen LogP contribution < -0.4 is 5.32 Å². The van der Waals surface area contributed by atoms with Gasteiger partial charge in [0.15, 0.2) is 5.78 Å². The maximum absolute atomic E-state index is 10.9. The fourth-order valence-corrected chi connectivity index (χ4v) is 0.436. The van der Waals surface area contributed by atoms with Crippen LogP contribution in [0.25, 0.3) is 0 Å². The van der Waals surface area contributed by atoms with Gasteiger partial charge in [-0.15, -0.1) is 0 Å². The van der Waals surface area contributed by atoms with Crippen LogP contribution in [0.4, 0.5) is 4.79 Å². The van der Waals surface area contributed by atoms with E-state index in [1.165, 1.54) is 7.11 Å². The molecule has 0 aromatic rings. The van der Waals surface area contributed by atoms with E-state index in [0.29, 0.717) is 0 Å². The van der Waals surface area contributed by atoms with Crippen molar-refractivity contribution in [3.63, 3.8) is 0 Å². The number of alkyl carbamates (subject to hydrolysis) is 1. The molecule has 11 heavy (non-hydrogen) atoms. The summed E-state index contributed by atoms with van der Waals surface area (Å²) in [6.45, 7) is 3.60. The molecule has 0 spiro atoms. The maximum atomic E-state index is 10.9. The molecule has 0 bridgehead atoms. The second-order valence-electron chi connectivity index (χ2n) is 2.47. The summed E-state index contributed by atoms with van der Waals surface area (Å²) in [6, 6.07) is 0. The quantitative estimate of drug-likeness (QED) is 0.666. The monoisotopic (exact) mass is 161 g/mol. The van der Waals surface area contributed by atoms with Crippen molar-refractivity contribution in [3.8, 4) is 0 Å². The molecule has 4 heteroatoms. The predicted octanol–water partition coefficient (Wildman–Crippen LogP) is 0.813. The Kier molecular flexibility index (Phi) is 4.26. The average Bonchev–Trinajstić information content (AvgIpc) is 1.99. The third-order valence-corrected chi connectivity index (χ3v) is 1.24. The molecule has 0 radical (unpaired) electrons. The average molecular weight is 161 g/mol. The largest absolute Gasteiger partial charge is 0.453 e. The van der Waals surface area contributed by atoms with Crippen LogP contribution in [0, 0.1) is 5.92 Å². The lowest BCUT2D eigenvalue weighted by atomic mass is 10.1. The lowest BCUT2D eigenvalue weighted by molar-refractivity contribution is -0.120. The SMILES string of the molecule is COC(=O)NCC(=O)C(C)C.[HH]. The third kappa shape index (κ3) is 4.36. The fraction of sp³-hybridized carbons (Fsp3) is 0.714. The summed E-state index contributed by atoms with van der Waals surface area (Å²) < 4.78 is 4.28. The van der Waals surface area contributed by atoms with Crippen LogP contribution in [-0.2, 0) is 9.53 Å². The van der Waals surface area contributed by atoms with Crippen LogP contribution in [0.2, 0.25) is 0 Å². The number of ether oxygens (including phenoxy) is 1. The maximum Gasteiger partial charge on any atom is 0.407 e. The number of nitrogens with one attached hydrogen (secondary N) is 1. The van der Waals surface area contributed by atoms with E-state index in [-0.39, 0.29) is 19.7 Å². The Morgan fingerprint density at radius 3 is 2.45 bits per heavy atom. The van der Waals surface area contributed by atoms with Crippen molar-refractivity contribution < 1.29 is 15.8 Å². The lowest BCUT2D eigenvalue weighted by Gasteiger charge is -2.04. The Labute approximate surface area is 67.4 Å². The van der Waals surface area contributed by atoms with Gasteiger partial charge in [0.05, 0.1) is 13.7 Å². The molecule has 1 amide bonds. The predicted molar refractivity (Wildman–Crippen MR) is 42.4 cm³/mol. The molecule has 0 fully saturated rings. The third-order valence-electron chi connectivity index (χ3n) is 1.24. The Hall–Kier alpha value is -1.06. The van der Waals surface area contributed by atoms with Crippen molar-refractivity contribution in [1.29, 1.82) is 0 Å². The molecule has 0 unspecified atom stereocenters. The number of amides is 1. The van der Waals surface area contributed by atoms with E-state index >= 15 is 0 Å². The van der Waals surface area contributed by atoms with Gasteiger partial charge in [-0.05, 0) is 0 Å². The van der Waals surface area contributed by atoms with Crippen LogP contribution in [-0.4, -0.2) is 25.5 Å². The van der Waals surface area contributed by atoms with Crippen molar-refractivity contribution in [2.75, 3.05) is 13.7 Å². The first-order valence-corrected chi connectivity index (χ1v) is 3.42. The number of rotatable bonds is 3. The molecule has 0 saturated carbocycles. The van der Waals surface area contributed by atoms with Gasteiger partial charge in [0, 0.05) is 7.34 Å². The van der Waals surface area contributed by atoms with Crippen molar-refractivity contribution in [1.82, 2.24) is 5.32 Å². The van der Waals surface area contributed by atoms with E-state index in [0.717, 1.165) is 0 Å². The van der Waals surface area contributed by atoms with Crippen LogP contribution in [0.1, 0.15) is 15.3 Å². The minimum absolute atomic E-state index is 0. The van der Waals surface area contributed by atoms with E-state index < -0.39 is 6.09 Å². The molecule has 1 N–H and O–H groups in total. The normalized spacial score (nSPS) is 9.45. The van der Waals surface area contributed by atoms with Gasteiger partial charge in [-0.1, -0.05) is 13.8 Å². The second-order valence-corrected chi connectivity index (χ2v) is 2.47. The molecule has 0 aromatic carbocycles.